The van der Waals surface area contributed by atoms with Crippen molar-refractivity contribution >= 4 is 17.0 Å². The second-order valence-electron chi connectivity index (χ2n) is 3.82. The van der Waals surface area contributed by atoms with Crippen LogP contribution in [0, 0.1) is 6.92 Å². The highest BCUT2D eigenvalue weighted by Gasteiger charge is 2.17. The van der Waals surface area contributed by atoms with Crippen molar-refractivity contribution in [1.29, 1.82) is 0 Å². The fraction of sp³-hybridized carbons (Fsp3) is 0.500. The number of hydrogen-bond donors (Lipinski definition) is 1. The molecule has 1 saturated heterocycles. The Labute approximate surface area is 92.7 Å². The summed E-state index contributed by atoms with van der Waals surface area (Å²) in [6, 6.07) is 0. The average molecular weight is 219 g/mol. The van der Waals surface area contributed by atoms with Gasteiger partial charge in [0.15, 0.2) is 17.2 Å². The molecule has 2 aromatic rings. The molecule has 0 aliphatic carbocycles. The van der Waals surface area contributed by atoms with Gasteiger partial charge in [-0.3, -0.25) is 0 Å². The van der Waals surface area contributed by atoms with E-state index < -0.39 is 0 Å². The van der Waals surface area contributed by atoms with Gasteiger partial charge in [0.1, 0.15) is 6.33 Å². The topological polar surface area (TPSA) is 67.1 Å². The number of fused-ring (bicyclic) bond motifs is 1. The predicted octanol–water partition coefficient (Wildman–Crippen LogP) is 0.336. The molecule has 0 amide bonds. The first-order valence-electron chi connectivity index (χ1n) is 5.38. The molecule has 0 aromatic carbocycles. The lowest BCUT2D eigenvalue weighted by atomic mass is 10.3. The minimum Gasteiger partial charge on any atom is -0.422 e. The summed E-state index contributed by atoms with van der Waals surface area (Å²) < 4.78 is 5.39. The molecule has 6 nitrogen and oxygen atoms in total. The van der Waals surface area contributed by atoms with Gasteiger partial charge in [0.25, 0.3) is 5.71 Å². The Morgan fingerprint density at radius 1 is 1.31 bits per heavy atom. The second kappa shape index (κ2) is 3.71. The second-order valence-corrected chi connectivity index (χ2v) is 3.82. The summed E-state index contributed by atoms with van der Waals surface area (Å²) in [6.45, 7) is 5.66. The van der Waals surface area contributed by atoms with Crippen molar-refractivity contribution in [3.63, 3.8) is 0 Å². The Bertz CT molecular complexity index is 503. The van der Waals surface area contributed by atoms with E-state index in [4.69, 9.17) is 4.42 Å². The standard InChI is InChI=1S/C10H13N5O/c1-7-14-8-9(12-6-13-10(8)16-7)15-4-2-11-3-5-15/h6,11H,2-5H2,1H3. The van der Waals surface area contributed by atoms with Crippen molar-refractivity contribution in [1.82, 2.24) is 20.3 Å². The summed E-state index contributed by atoms with van der Waals surface area (Å²) in [5.41, 5.74) is 1.34. The van der Waals surface area contributed by atoms with Gasteiger partial charge in [-0.25, -0.2) is 9.97 Å². The van der Waals surface area contributed by atoms with Crippen LogP contribution in [0.25, 0.3) is 11.2 Å². The minimum absolute atomic E-state index is 0.570. The molecule has 0 spiro atoms. The monoisotopic (exact) mass is 219 g/mol. The van der Waals surface area contributed by atoms with Crippen LogP contribution in [-0.2, 0) is 0 Å². The predicted molar refractivity (Wildman–Crippen MR) is 59.4 cm³/mol. The number of nitrogens with zero attached hydrogens (tertiary/aromatic N) is 4. The Hall–Kier alpha value is -1.69. The third kappa shape index (κ3) is 1.51. The molecule has 16 heavy (non-hydrogen) atoms. The number of rotatable bonds is 1. The van der Waals surface area contributed by atoms with E-state index in [0.29, 0.717) is 11.6 Å². The van der Waals surface area contributed by atoms with Crippen LogP contribution >= 0.6 is 0 Å². The number of hydrogen-bond acceptors (Lipinski definition) is 6. The molecule has 0 radical (unpaired) electrons. The summed E-state index contributed by atoms with van der Waals surface area (Å²) in [5, 5.41) is 3.31. The van der Waals surface area contributed by atoms with Crippen LogP contribution in [0.2, 0.25) is 0 Å². The molecule has 1 N–H and O–H groups in total. The number of anilines is 1. The molecular formula is C10H13N5O. The third-order valence-electron chi connectivity index (χ3n) is 2.70. The van der Waals surface area contributed by atoms with Crippen LogP contribution in [0.1, 0.15) is 5.89 Å². The molecule has 0 atom stereocenters. The number of oxazole rings is 1. The van der Waals surface area contributed by atoms with E-state index in [1.807, 2.05) is 6.92 Å². The van der Waals surface area contributed by atoms with E-state index in [1.165, 1.54) is 6.33 Å². The quantitative estimate of drug-likeness (QED) is 0.745. The molecule has 0 saturated carbocycles. The highest BCUT2D eigenvalue weighted by Crippen LogP contribution is 2.22. The van der Waals surface area contributed by atoms with Gasteiger partial charge in [-0.15, -0.1) is 0 Å². The fourth-order valence-corrected chi connectivity index (χ4v) is 1.95. The molecule has 1 aliphatic heterocycles. The molecule has 3 rings (SSSR count). The molecule has 84 valence electrons. The zero-order chi connectivity index (χ0) is 11.0. The van der Waals surface area contributed by atoms with Crippen LogP contribution in [-0.4, -0.2) is 41.1 Å². The Balaban J connectivity index is 2.07. The van der Waals surface area contributed by atoms with E-state index in [0.717, 1.165) is 37.5 Å². The van der Waals surface area contributed by atoms with Gasteiger partial charge in [-0.1, -0.05) is 0 Å². The van der Waals surface area contributed by atoms with Gasteiger partial charge in [0, 0.05) is 33.1 Å². The van der Waals surface area contributed by atoms with Crippen LogP contribution in [0.5, 0.6) is 0 Å². The van der Waals surface area contributed by atoms with Crippen LogP contribution < -0.4 is 10.2 Å². The van der Waals surface area contributed by atoms with Crippen molar-refractivity contribution in [2.45, 2.75) is 6.92 Å². The van der Waals surface area contributed by atoms with Crippen LogP contribution in [0.3, 0.4) is 0 Å². The maximum absolute atomic E-state index is 5.39. The molecule has 2 aromatic heterocycles. The lowest BCUT2D eigenvalue weighted by Crippen LogP contribution is -2.44. The Morgan fingerprint density at radius 2 is 2.12 bits per heavy atom. The molecule has 0 unspecified atom stereocenters. The van der Waals surface area contributed by atoms with Gasteiger partial charge >= 0.3 is 0 Å². The summed E-state index contributed by atoms with van der Waals surface area (Å²) >= 11 is 0. The highest BCUT2D eigenvalue weighted by molar-refractivity contribution is 5.81. The first kappa shape index (κ1) is 9.53. The molecule has 0 bridgehead atoms. The Morgan fingerprint density at radius 3 is 2.94 bits per heavy atom. The molecule has 3 heterocycles. The van der Waals surface area contributed by atoms with Crippen LogP contribution in [0.15, 0.2) is 10.7 Å². The fourth-order valence-electron chi connectivity index (χ4n) is 1.95. The first-order chi connectivity index (χ1) is 7.84. The van der Waals surface area contributed by atoms with Gasteiger partial charge in [0.05, 0.1) is 0 Å². The van der Waals surface area contributed by atoms with Crippen LogP contribution in [0.4, 0.5) is 5.82 Å². The normalized spacial score (nSPS) is 16.9. The molecule has 1 aliphatic rings. The van der Waals surface area contributed by atoms with Crippen molar-refractivity contribution in [3.8, 4) is 0 Å². The summed E-state index contributed by atoms with van der Waals surface area (Å²) in [5.74, 6) is 1.51. The van der Waals surface area contributed by atoms with Gasteiger partial charge in [-0.05, 0) is 0 Å². The van der Waals surface area contributed by atoms with Gasteiger partial charge in [0.2, 0.25) is 0 Å². The number of aromatic nitrogens is 3. The molecular weight excluding hydrogens is 206 g/mol. The smallest absolute Gasteiger partial charge is 0.252 e. The van der Waals surface area contributed by atoms with Crippen molar-refractivity contribution in [2.75, 3.05) is 31.1 Å². The highest BCUT2D eigenvalue weighted by atomic mass is 16.4. The maximum atomic E-state index is 5.39. The zero-order valence-corrected chi connectivity index (χ0v) is 9.10. The number of aryl methyl sites for hydroxylation is 1. The van der Waals surface area contributed by atoms with Crippen molar-refractivity contribution in [2.24, 2.45) is 0 Å². The first-order valence-corrected chi connectivity index (χ1v) is 5.38. The van der Waals surface area contributed by atoms with E-state index in [-0.39, 0.29) is 0 Å². The largest absolute Gasteiger partial charge is 0.422 e. The van der Waals surface area contributed by atoms with E-state index >= 15 is 0 Å². The lowest BCUT2D eigenvalue weighted by Gasteiger charge is -2.27. The number of nitrogens with one attached hydrogen (secondary N) is 1. The summed E-state index contributed by atoms with van der Waals surface area (Å²) in [4.78, 5) is 14.9. The zero-order valence-electron chi connectivity index (χ0n) is 9.10. The minimum atomic E-state index is 0.570. The third-order valence-corrected chi connectivity index (χ3v) is 2.70. The van der Waals surface area contributed by atoms with E-state index in [9.17, 15) is 0 Å². The van der Waals surface area contributed by atoms with E-state index in [2.05, 4.69) is 25.2 Å². The van der Waals surface area contributed by atoms with Crippen molar-refractivity contribution < 1.29 is 4.42 Å². The summed E-state index contributed by atoms with van der Waals surface area (Å²) in [6.07, 6.45) is 1.53. The van der Waals surface area contributed by atoms with Gasteiger partial charge in [-0.2, -0.15) is 4.98 Å². The average Bonchev–Trinajstić information content (AvgIpc) is 2.70. The SMILES string of the molecule is Cc1nc2c(N3CCNCC3)ncnc2o1. The summed E-state index contributed by atoms with van der Waals surface area (Å²) in [7, 11) is 0. The Kier molecular flexibility index (Phi) is 2.21. The van der Waals surface area contributed by atoms with Gasteiger partial charge < -0.3 is 14.6 Å². The van der Waals surface area contributed by atoms with Crippen molar-refractivity contribution in [3.05, 3.63) is 12.2 Å². The number of piperazine rings is 1. The van der Waals surface area contributed by atoms with E-state index in [1.54, 1.807) is 0 Å². The maximum Gasteiger partial charge on any atom is 0.252 e. The molecule has 1 fully saturated rings. The lowest BCUT2D eigenvalue weighted by molar-refractivity contribution is 0.550. The molecule has 6 heteroatoms.